The minimum Gasteiger partial charge on any atom is -0.344 e. The highest BCUT2D eigenvalue weighted by Gasteiger charge is 2.37. The Morgan fingerprint density at radius 2 is 1.92 bits per heavy atom. The molecule has 1 amide bonds. The van der Waals surface area contributed by atoms with Crippen LogP contribution in [0.25, 0.3) is 0 Å². The standard InChI is InChI=1S/C19H31F3N2O/c1-7-9-15(12-18(4,5)8-2)24(13-14(3)19(20,21)22)16-10-11-23(6)17(16)25/h9,13,16H,7-8,10-12H2,1-6H3/b14-13+,15-9+. The maximum absolute atomic E-state index is 13.1. The second-order valence-corrected chi connectivity index (χ2v) is 7.58. The third kappa shape index (κ3) is 5.79. The van der Waals surface area contributed by atoms with Crippen molar-refractivity contribution >= 4 is 5.91 Å². The van der Waals surface area contributed by atoms with Crippen molar-refractivity contribution in [3.8, 4) is 0 Å². The highest BCUT2D eigenvalue weighted by molar-refractivity contribution is 5.84. The van der Waals surface area contributed by atoms with Crippen LogP contribution in [0.2, 0.25) is 0 Å². The van der Waals surface area contributed by atoms with Gasteiger partial charge < -0.3 is 9.80 Å². The number of carbonyl (C=O) groups excluding carboxylic acids is 1. The molecule has 0 bridgehead atoms. The fourth-order valence-corrected chi connectivity index (χ4v) is 2.84. The molecule has 0 aromatic heterocycles. The molecule has 0 saturated carbocycles. The van der Waals surface area contributed by atoms with Gasteiger partial charge in [0.1, 0.15) is 6.04 Å². The molecule has 1 aliphatic heterocycles. The summed E-state index contributed by atoms with van der Waals surface area (Å²) in [7, 11) is 1.69. The van der Waals surface area contributed by atoms with E-state index in [1.807, 2.05) is 13.0 Å². The summed E-state index contributed by atoms with van der Waals surface area (Å²) in [5, 5.41) is 0. The van der Waals surface area contributed by atoms with E-state index in [0.717, 1.165) is 25.2 Å². The van der Waals surface area contributed by atoms with E-state index < -0.39 is 17.8 Å². The summed E-state index contributed by atoms with van der Waals surface area (Å²) in [5.74, 6) is -0.123. The highest BCUT2D eigenvalue weighted by atomic mass is 19.4. The molecular formula is C19H31F3N2O. The van der Waals surface area contributed by atoms with E-state index in [2.05, 4.69) is 20.8 Å². The van der Waals surface area contributed by atoms with E-state index in [-0.39, 0.29) is 11.3 Å². The summed E-state index contributed by atoms with van der Waals surface area (Å²) in [5.41, 5.74) is 0.0602. The first-order valence-electron chi connectivity index (χ1n) is 8.91. The maximum atomic E-state index is 13.1. The van der Waals surface area contributed by atoms with Gasteiger partial charge >= 0.3 is 6.18 Å². The Kier molecular flexibility index (Phi) is 7.15. The Balaban J connectivity index is 3.32. The lowest BCUT2D eigenvalue weighted by molar-refractivity contribution is -0.130. The number of nitrogens with zero attached hydrogens (tertiary/aromatic N) is 2. The van der Waals surface area contributed by atoms with Gasteiger partial charge in [0.15, 0.2) is 0 Å². The summed E-state index contributed by atoms with van der Waals surface area (Å²) in [6.07, 6.45) is 1.45. The Hall–Kier alpha value is -1.46. The quantitative estimate of drug-likeness (QED) is 0.630. The van der Waals surface area contributed by atoms with E-state index in [1.165, 1.54) is 0 Å². The summed E-state index contributed by atoms with van der Waals surface area (Å²) in [6.45, 7) is 9.84. The van der Waals surface area contributed by atoms with Crippen LogP contribution in [-0.4, -0.2) is 41.5 Å². The molecule has 144 valence electrons. The van der Waals surface area contributed by atoms with E-state index in [0.29, 0.717) is 25.8 Å². The number of amides is 1. The van der Waals surface area contributed by atoms with Crippen LogP contribution in [0.3, 0.4) is 0 Å². The van der Waals surface area contributed by atoms with E-state index in [9.17, 15) is 18.0 Å². The first-order chi connectivity index (χ1) is 11.4. The van der Waals surface area contributed by atoms with Gasteiger partial charge in [0.2, 0.25) is 5.91 Å². The maximum Gasteiger partial charge on any atom is 0.413 e. The third-order valence-corrected chi connectivity index (χ3v) is 4.90. The van der Waals surface area contributed by atoms with Crippen molar-refractivity contribution in [3.63, 3.8) is 0 Å². The predicted octanol–water partition coefficient (Wildman–Crippen LogP) is 5.11. The molecule has 6 heteroatoms. The first-order valence-corrected chi connectivity index (χ1v) is 8.91. The number of hydrogen-bond donors (Lipinski definition) is 0. The Morgan fingerprint density at radius 1 is 1.32 bits per heavy atom. The van der Waals surface area contributed by atoms with Gasteiger partial charge in [-0.3, -0.25) is 4.79 Å². The highest BCUT2D eigenvalue weighted by Crippen LogP contribution is 2.35. The van der Waals surface area contributed by atoms with Gasteiger partial charge in [0.25, 0.3) is 0 Å². The van der Waals surface area contributed by atoms with Crippen molar-refractivity contribution in [1.29, 1.82) is 0 Å². The molecule has 1 saturated heterocycles. The Morgan fingerprint density at radius 3 is 2.32 bits per heavy atom. The van der Waals surface area contributed by atoms with Crippen molar-refractivity contribution in [3.05, 3.63) is 23.5 Å². The molecule has 1 rings (SSSR count). The zero-order valence-corrected chi connectivity index (χ0v) is 16.2. The first kappa shape index (κ1) is 21.6. The van der Waals surface area contributed by atoms with Crippen molar-refractivity contribution in [2.45, 2.75) is 72.5 Å². The Bertz CT molecular complexity index is 535. The molecule has 25 heavy (non-hydrogen) atoms. The van der Waals surface area contributed by atoms with Crippen LogP contribution in [-0.2, 0) is 4.79 Å². The smallest absolute Gasteiger partial charge is 0.344 e. The molecule has 1 atom stereocenters. The SMILES string of the molecule is CC/C=C(\CC(C)(C)CC)N(/C=C(\C)C(F)(F)F)C1CCN(C)C1=O. The van der Waals surface area contributed by atoms with Gasteiger partial charge in [-0.15, -0.1) is 0 Å². The molecule has 0 aromatic rings. The predicted molar refractivity (Wildman–Crippen MR) is 94.8 cm³/mol. The molecule has 0 aromatic carbocycles. The zero-order valence-electron chi connectivity index (χ0n) is 16.2. The molecule has 0 spiro atoms. The van der Waals surface area contributed by atoms with E-state index in [1.54, 1.807) is 16.8 Å². The van der Waals surface area contributed by atoms with Gasteiger partial charge in [-0.2, -0.15) is 13.2 Å². The van der Waals surface area contributed by atoms with Gasteiger partial charge in [-0.1, -0.05) is 40.2 Å². The fraction of sp³-hybridized carbons (Fsp3) is 0.737. The van der Waals surface area contributed by atoms with E-state index in [4.69, 9.17) is 0 Å². The van der Waals surface area contributed by atoms with Crippen LogP contribution in [0.4, 0.5) is 13.2 Å². The average molecular weight is 360 g/mol. The topological polar surface area (TPSA) is 23.6 Å². The number of likely N-dealkylation sites (tertiary alicyclic amines) is 1. The average Bonchev–Trinajstić information content (AvgIpc) is 2.83. The third-order valence-electron chi connectivity index (χ3n) is 4.90. The normalized spacial score (nSPS) is 20.4. The van der Waals surface area contributed by atoms with Gasteiger partial charge in [-0.05, 0) is 31.6 Å². The lowest BCUT2D eigenvalue weighted by Crippen LogP contribution is -2.39. The minimum absolute atomic E-state index is 0.0488. The molecule has 0 aliphatic carbocycles. The van der Waals surface area contributed by atoms with Crippen LogP contribution in [0.1, 0.15) is 60.3 Å². The monoisotopic (exact) mass is 360 g/mol. The van der Waals surface area contributed by atoms with Crippen LogP contribution >= 0.6 is 0 Å². The molecular weight excluding hydrogens is 329 g/mol. The zero-order chi connectivity index (χ0) is 19.4. The van der Waals surface area contributed by atoms with Crippen LogP contribution in [0.15, 0.2) is 23.5 Å². The summed E-state index contributed by atoms with van der Waals surface area (Å²) in [4.78, 5) is 15.6. The summed E-state index contributed by atoms with van der Waals surface area (Å²) >= 11 is 0. The van der Waals surface area contributed by atoms with Crippen LogP contribution < -0.4 is 0 Å². The lowest BCUT2D eigenvalue weighted by Gasteiger charge is -2.34. The fourth-order valence-electron chi connectivity index (χ4n) is 2.84. The molecule has 1 fully saturated rings. The second-order valence-electron chi connectivity index (χ2n) is 7.58. The molecule has 1 heterocycles. The molecule has 1 unspecified atom stereocenters. The van der Waals surface area contributed by atoms with Crippen LogP contribution in [0.5, 0.6) is 0 Å². The van der Waals surface area contributed by atoms with Crippen LogP contribution in [0, 0.1) is 5.41 Å². The number of halogens is 3. The molecule has 1 aliphatic rings. The van der Waals surface area contributed by atoms with Gasteiger partial charge in [0, 0.05) is 31.1 Å². The van der Waals surface area contributed by atoms with Gasteiger partial charge in [0.05, 0.1) is 0 Å². The second kappa shape index (κ2) is 8.28. The van der Waals surface area contributed by atoms with Crippen molar-refractivity contribution in [1.82, 2.24) is 9.80 Å². The van der Waals surface area contributed by atoms with Crippen molar-refractivity contribution in [2.75, 3.05) is 13.6 Å². The lowest BCUT2D eigenvalue weighted by atomic mass is 9.84. The number of likely N-dealkylation sites (N-methyl/N-ethyl adjacent to an activating group) is 1. The summed E-state index contributed by atoms with van der Waals surface area (Å²) in [6, 6.07) is -0.562. The largest absolute Gasteiger partial charge is 0.413 e. The summed E-state index contributed by atoms with van der Waals surface area (Å²) < 4.78 is 39.3. The van der Waals surface area contributed by atoms with E-state index >= 15 is 0 Å². The number of rotatable bonds is 7. The van der Waals surface area contributed by atoms with Crippen molar-refractivity contribution < 1.29 is 18.0 Å². The number of carbonyl (C=O) groups is 1. The minimum atomic E-state index is -4.40. The molecule has 3 nitrogen and oxygen atoms in total. The molecule has 0 N–H and O–H groups in total. The van der Waals surface area contributed by atoms with Gasteiger partial charge in [-0.25, -0.2) is 0 Å². The number of hydrogen-bond acceptors (Lipinski definition) is 2. The Labute approximate surface area is 149 Å². The number of allylic oxidation sites excluding steroid dienone is 3. The van der Waals surface area contributed by atoms with Crippen molar-refractivity contribution in [2.24, 2.45) is 5.41 Å². The molecule has 0 radical (unpaired) electrons. The number of alkyl halides is 3.